The Labute approximate surface area is 173 Å². The first kappa shape index (κ1) is 21.0. The van der Waals surface area contributed by atoms with E-state index in [4.69, 9.17) is 18.9 Å². The third kappa shape index (κ3) is 3.86. The fraction of sp³-hybridized carbons (Fsp3) is 0.286. The summed E-state index contributed by atoms with van der Waals surface area (Å²) >= 11 is 0. The Bertz CT molecular complexity index is 1070. The number of hydrogen-bond acceptors (Lipinski definition) is 8. The number of methoxy groups -OCH3 is 3. The number of carboxylic acid groups (broad SMARTS) is 1. The molecule has 1 aromatic carbocycles. The predicted octanol–water partition coefficient (Wildman–Crippen LogP) is 3.80. The van der Waals surface area contributed by atoms with Crippen LogP contribution in [-0.2, 0) is 0 Å². The molecule has 0 atom stereocenters. The zero-order chi connectivity index (χ0) is 21.8. The summed E-state index contributed by atoms with van der Waals surface area (Å²) < 4.78 is 21.7. The van der Waals surface area contributed by atoms with Gasteiger partial charge < -0.3 is 29.4 Å². The minimum absolute atomic E-state index is 0.00986. The van der Waals surface area contributed by atoms with Crippen LogP contribution in [0.15, 0.2) is 24.4 Å². The Hall–Kier alpha value is -3.75. The van der Waals surface area contributed by atoms with Gasteiger partial charge >= 0.3 is 5.97 Å². The number of carbonyl (C=O) groups is 1. The van der Waals surface area contributed by atoms with Gasteiger partial charge in [0.1, 0.15) is 11.3 Å². The Morgan fingerprint density at radius 2 is 1.73 bits per heavy atom. The van der Waals surface area contributed by atoms with E-state index in [-0.39, 0.29) is 5.56 Å². The van der Waals surface area contributed by atoms with E-state index >= 15 is 0 Å². The van der Waals surface area contributed by atoms with Gasteiger partial charge in [-0.05, 0) is 19.9 Å². The van der Waals surface area contributed by atoms with Crippen molar-refractivity contribution in [1.29, 1.82) is 0 Å². The summed E-state index contributed by atoms with van der Waals surface area (Å²) in [6.45, 7) is 4.13. The minimum atomic E-state index is -1.13. The summed E-state index contributed by atoms with van der Waals surface area (Å²) in [6.07, 6.45) is 1.28. The Balaban J connectivity index is 2.22. The fourth-order valence-electron chi connectivity index (χ4n) is 3.09. The number of aryl methyl sites for hydroxylation is 1. The first-order valence-corrected chi connectivity index (χ1v) is 9.16. The van der Waals surface area contributed by atoms with Crippen LogP contribution in [0.4, 0.5) is 11.4 Å². The number of rotatable bonds is 8. The summed E-state index contributed by atoms with van der Waals surface area (Å²) in [5, 5.41) is 13.4. The van der Waals surface area contributed by atoms with Gasteiger partial charge in [0.25, 0.3) is 0 Å². The van der Waals surface area contributed by atoms with Crippen LogP contribution in [0.1, 0.15) is 23.0 Å². The zero-order valence-corrected chi connectivity index (χ0v) is 17.4. The molecule has 0 aliphatic carbocycles. The number of benzene rings is 1. The molecule has 0 spiro atoms. The maximum absolute atomic E-state index is 11.9. The highest BCUT2D eigenvalue weighted by Gasteiger charge is 2.20. The van der Waals surface area contributed by atoms with Crippen molar-refractivity contribution in [3.63, 3.8) is 0 Å². The summed E-state index contributed by atoms with van der Waals surface area (Å²) in [7, 11) is 4.52. The number of pyridine rings is 2. The minimum Gasteiger partial charge on any atom is -0.493 e. The van der Waals surface area contributed by atoms with E-state index in [1.807, 2.05) is 13.8 Å². The highest BCUT2D eigenvalue weighted by atomic mass is 16.5. The first-order chi connectivity index (χ1) is 14.4. The molecule has 0 saturated carbocycles. The van der Waals surface area contributed by atoms with Crippen LogP contribution in [0.2, 0.25) is 0 Å². The summed E-state index contributed by atoms with van der Waals surface area (Å²) in [6, 6.07) is 5.11. The van der Waals surface area contributed by atoms with Crippen molar-refractivity contribution in [2.45, 2.75) is 13.8 Å². The van der Waals surface area contributed by atoms with Crippen LogP contribution in [0, 0.1) is 6.92 Å². The molecular formula is C21H23N3O6. The van der Waals surface area contributed by atoms with E-state index in [1.165, 1.54) is 27.5 Å². The molecule has 0 unspecified atom stereocenters. The van der Waals surface area contributed by atoms with E-state index in [9.17, 15) is 9.90 Å². The van der Waals surface area contributed by atoms with Gasteiger partial charge in [-0.25, -0.2) is 14.8 Å². The number of nitrogens with zero attached hydrogens (tertiary/aromatic N) is 2. The maximum atomic E-state index is 11.9. The van der Waals surface area contributed by atoms with Crippen molar-refractivity contribution < 1.29 is 28.8 Å². The molecule has 30 heavy (non-hydrogen) atoms. The van der Waals surface area contributed by atoms with Crippen LogP contribution < -0.4 is 24.3 Å². The van der Waals surface area contributed by atoms with Crippen molar-refractivity contribution >= 4 is 28.4 Å². The third-order valence-corrected chi connectivity index (χ3v) is 4.47. The SMILES string of the molecule is CCOc1cc2c(Nc3cc(OC)c(OC)c(OC)c3)c(C(=O)O)cnc2nc1C. The smallest absolute Gasteiger partial charge is 0.339 e. The summed E-state index contributed by atoms with van der Waals surface area (Å²) in [4.78, 5) is 20.5. The number of hydrogen-bond donors (Lipinski definition) is 2. The van der Waals surface area contributed by atoms with Crippen LogP contribution in [-0.4, -0.2) is 49.0 Å². The third-order valence-electron chi connectivity index (χ3n) is 4.47. The van der Waals surface area contributed by atoms with Gasteiger partial charge in [-0.15, -0.1) is 0 Å². The lowest BCUT2D eigenvalue weighted by molar-refractivity contribution is 0.0697. The molecule has 9 heteroatoms. The molecule has 0 aliphatic heterocycles. The summed E-state index contributed by atoms with van der Waals surface area (Å²) in [5.41, 5.74) is 1.92. The average Bonchev–Trinajstić information content (AvgIpc) is 2.73. The van der Waals surface area contributed by atoms with Crippen molar-refractivity contribution in [2.24, 2.45) is 0 Å². The maximum Gasteiger partial charge on any atom is 0.339 e. The van der Waals surface area contributed by atoms with E-state index in [0.717, 1.165) is 0 Å². The van der Waals surface area contributed by atoms with Gasteiger partial charge in [0.2, 0.25) is 5.75 Å². The number of carboxylic acids is 1. The largest absolute Gasteiger partial charge is 0.493 e. The molecule has 0 radical (unpaired) electrons. The number of aromatic nitrogens is 2. The van der Waals surface area contributed by atoms with Gasteiger partial charge in [0.15, 0.2) is 17.1 Å². The topological polar surface area (TPSA) is 112 Å². The molecule has 9 nitrogen and oxygen atoms in total. The fourth-order valence-corrected chi connectivity index (χ4v) is 3.09. The van der Waals surface area contributed by atoms with Crippen LogP contribution in [0.25, 0.3) is 11.0 Å². The highest BCUT2D eigenvalue weighted by Crippen LogP contribution is 2.41. The van der Waals surface area contributed by atoms with Crippen molar-refractivity contribution in [3.05, 3.63) is 35.7 Å². The van der Waals surface area contributed by atoms with Crippen molar-refractivity contribution in [3.8, 4) is 23.0 Å². The van der Waals surface area contributed by atoms with Gasteiger partial charge in [-0.1, -0.05) is 0 Å². The Morgan fingerprint density at radius 1 is 1.07 bits per heavy atom. The lowest BCUT2D eigenvalue weighted by Gasteiger charge is -2.17. The molecule has 2 heterocycles. The van der Waals surface area contributed by atoms with Crippen LogP contribution >= 0.6 is 0 Å². The Kier molecular flexibility index (Phi) is 6.10. The van der Waals surface area contributed by atoms with E-state index in [1.54, 1.807) is 18.2 Å². The second-order valence-electron chi connectivity index (χ2n) is 6.27. The van der Waals surface area contributed by atoms with Crippen LogP contribution in [0.3, 0.4) is 0 Å². The number of aromatic carboxylic acids is 1. The summed E-state index contributed by atoms with van der Waals surface area (Å²) in [5.74, 6) is 0.719. The van der Waals surface area contributed by atoms with Crippen LogP contribution in [0.5, 0.6) is 23.0 Å². The van der Waals surface area contributed by atoms with E-state index in [0.29, 0.717) is 57.7 Å². The second-order valence-corrected chi connectivity index (χ2v) is 6.27. The number of nitrogens with one attached hydrogen (secondary N) is 1. The van der Waals surface area contributed by atoms with Gasteiger partial charge in [-0.3, -0.25) is 0 Å². The second kappa shape index (κ2) is 8.73. The monoisotopic (exact) mass is 413 g/mol. The van der Waals surface area contributed by atoms with E-state index < -0.39 is 5.97 Å². The number of ether oxygens (including phenoxy) is 4. The van der Waals surface area contributed by atoms with E-state index in [2.05, 4.69) is 15.3 Å². The lowest BCUT2D eigenvalue weighted by Crippen LogP contribution is -2.07. The molecule has 2 N–H and O–H groups in total. The molecular weight excluding hydrogens is 390 g/mol. The molecule has 2 aromatic heterocycles. The zero-order valence-electron chi connectivity index (χ0n) is 17.4. The number of anilines is 2. The lowest BCUT2D eigenvalue weighted by atomic mass is 10.1. The molecule has 0 fully saturated rings. The van der Waals surface area contributed by atoms with Gasteiger partial charge in [0, 0.05) is 29.4 Å². The molecule has 3 rings (SSSR count). The quantitative estimate of drug-likeness (QED) is 0.569. The molecule has 158 valence electrons. The van der Waals surface area contributed by atoms with Gasteiger partial charge in [0.05, 0.1) is 39.3 Å². The first-order valence-electron chi connectivity index (χ1n) is 9.16. The molecule has 0 aliphatic rings. The highest BCUT2D eigenvalue weighted by molar-refractivity contribution is 6.05. The molecule has 3 aromatic rings. The predicted molar refractivity (Wildman–Crippen MR) is 112 cm³/mol. The Morgan fingerprint density at radius 3 is 2.27 bits per heavy atom. The molecule has 0 saturated heterocycles. The number of fused-ring (bicyclic) bond motifs is 1. The van der Waals surface area contributed by atoms with Gasteiger partial charge in [-0.2, -0.15) is 0 Å². The molecule has 0 bridgehead atoms. The average molecular weight is 413 g/mol. The molecule has 0 amide bonds. The normalized spacial score (nSPS) is 10.6. The standard InChI is InChI=1S/C21H23N3O6/c1-6-30-15-9-13-18(14(21(25)26)10-22-20(13)23-11(15)2)24-12-7-16(27-3)19(29-5)17(8-12)28-4/h7-10H,6H2,1-5H3,(H,25,26)(H,22,23,24). The van der Waals surface area contributed by atoms with Crippen molar-refractivity contribution in [1.82, 2.24) is 9.97 Å². The van der Waals surface area contributed by atoms with Crippen molar-refractivity contribution in [2.75, 3.05) is 33.3 Å².